The zero-order valence-electron chi connectivity index (χ0n) is 9.28. The summed E-state index contributed by atoms with van der Waals surface area (Å²) in [6, 6.07) is 7.41. The highest BCUT2D eigenvalue weighted by Gasteiger charge is 2.15. The van der Waals surface area contributed by atoms with Gasteiger partial charge in [0.15, 0.2) is 0 Å². The Kier molecular flexibility index (Phi) is 2.82. The number of H-pyrrole nitrogens is 1. The van der Waals surface area contributed by atoms with Gasteiger partial charge in [0, 0.05) is 16.6 Å². The van der Waals surface area contributed by atoms with Crippen LogP contribution in [0.3, 0.4) is 0 Å². The average Bonchev–Trinajstić information content (AvgIpc) is 2.61. The molecule has 0 radical (unpaired) electrons. The summed E-state index contributed by atoms with van der Waals surface area (Å²) in [5.41, 5.74) is 2.10. The predicted octanol–water partition coefficient (Wildman–Crippen LogP) is 1.29. The van der Waals surface area contributed by atoms with Crippen LogP contribution in [0.4, 0.5) is 0 Å². The van der Waals surface area contributed by atoms with Crippen molar-refractivity contribution in [2.45, 2.75) is 6.92 Å². The Balaban J connectivity index is 2.37. The lowest BCUT2D eigenvalue weighted by atomic mass is 10.1. The maximum Gasteiger partial charge on any atom is 0.322 e. The van der Waals surface area contributed by atoms with Crippen LogP contribution in [-0.4, -0.2) is 28.5 Å². The van der Waals surface area contributed by atoms with Crippen molar-refractivity contribution in [3.8, 4) is 0 Å². The van der Waals surface area contributed by atoms with E-state index in [9.17, 15) is 9.59 Å². The van der Waals surface area contributed by atoms with Crippen LogP contribution in [0.15, 0.2) is 24.3 Å². The van der Waals surface area contributed by atoms with E-state index >= 15 is 0 Å². The number of nitrogens with one attached hydrogen (secondary N) is 2. The van der Waals surface area contributed by atoms with Gasteiger partial charge in [-0.2, -0.15) is 0 Å². The van der Waals surface area contributed by atoms with Gasteiger partial charge in [-0.05, 0) is 13.0 Å². The number of aryl methyl sites for hydroxylation is 1. The predicted molar refractivity (Wildman–Crippen MR) is 63.0 cm³/mol. The molecule has 0 bridgehead atoms. The number of para-hydroxylation sites is 1. The average molecular weight is 232 g/mol. The van der Waals surface area contributed by atoms with Crippen LogP contribution in [0.2, 0.25) is 0 Å². The van der Waals surface area contributed by atoms with Gasteiger partial charge in [-0.25, -0.2) is 0 Å². The van der Waals surface area contributed by atoms with Crippen LogP contribution < -0.4 is 5.32 Å². The number of amides is 1. The molecule has 0 aliphatic carbocycles. The molecule has 1 aromatic carbocycles. The van der Waals surface area contributed by atoms with Crippen molar-refractivity contribution in [1.29, 1.82) is 0 Å². The van der Waals surface area contributed by atoms with E-state index in [-0.39, 0.29) is 12.5 Å². The van der Waals surface area contributed by atoms with E-state index < -0.39 is 5.97 Å². The van der Waals surface area contributed by atoms with Crippen LogP contribution in [0.25, 0.3) is 10.9 Å². The van der Waals surface area contributed by atoms with Gasteiger partial charge in [0.2, 0.25) is 0 Å². The van der Waals surface area contributed by atoms with E-state index in [0.717, 1.165) is 16.6 Å². The third-order valence-electron chi connectivity index (χ3n) is 2.52. The Labute approximate surface area is 97.4 Å². The quantitative estimate of drug-likeness (QED) is 0.745. The number of carboxylic acids is 1. The van der Waals surface area contributed by atoms with Gasteiger partial charge in [0.1, 0.15) is 6.54 Å². The number of aromatic amines is 1. The molecule has 0 fully saturated rings. The Hall–Kier alpha value is -2.30. The fourth-order valence-electron chi connectivity index (χ4n) is 1.81. The molecule has 1 amide bonds. The lowest BCUT2D eigenvalue weighted by molar-refractivity contribution is -0.135. The smallest absolute Gasteiger partial charge is 0.322 e. The molecule has 0 atom stereocenters. The molecule has 0 saturated heterocycles. The van der Waals surface area contributed by atoms with E-state index in [1.807, 2.05) is 24.3 Å². The zero-order chi connectivity index (χ0) is 12.4. The number of carbonyl (C=O) groups excluding carboxylic acids is 1. The topological polar surface area (TPSA) is 82.2 Å². The van der Waals surface area contributed by atoms with Crippen LogP contribution in [-0.2, 0) is 4.79 Å². The van der Waals surface area contributed by atoms with Gasteiger partial charge < -0.3 is 15.4 Å². The number of aliphatic carboxylic acids is 1. The van der Waals surface area contributed by atoms with Crippen molar-refractivity contribution >= 4 is 22.8 Å². The molecule has 2 aromatic rings. The third-order valence-corrected chi connectivity index (χ3v) is 2.52. The van der Waals surface area contributed by atoms with E-state index in [0.29, 0.717) is 5.56 Å². The molecular formula is C12H12N2O3. The molecule has 0 aliphatic rings. The molecule has 0 unspecified atom stereocenters. The monoisotopic (exact) mass is 232 g/mol. The van der Waals surface area contributed by atoms with E-state index in [2.05, 4.69) is 10.3 Å². The number of carboxylic acid groups (broad SMARTS) is 1. The van der Waals surface area contributed by atoms with Crippen molar-refractivity contribution in [3.05, 3.63) is 35.5 Å². The summed E-state index contributed by atoms with van der Waals surface area (Å²) in [4.78, 5) is 25.3. The molecule has 1 heterocycles. The summed E-state index contributed by atoms with van der Waals surface area (Å²) in [5, 5.41) is 11.7. The van der Waals surface area contributed by atoms with E-state index in [1.165, 1.54) is 0 Å². The summed E-state index contributed by atoms with van der Waals surface area (Å²) in [5.74, 6) is -1.43. The Bertz CT molecular complexity index is 586. The van der Waals surface area contributed by atoms with Crippen LogP contribution in [0.5, 0.6) is 0 Å². The third kappa shape index (κ3) is 2.13. The molecule has 2 rings (SSSR count). The minimum absolute atomic E-state index is 0.373. The summed E-state index contributed by atoms with van der Waals surface area (Å²) in [7, 11) is 0. The number of fused-ring (bicyclic) bond motifs is 1. The molecule has 1 aromatic heterocycles. The second-order valence-corrected chi connectivity index (χ2v) is 3.75. The first-order chi connectivity index (χ1) is 8.09. The fourth-order valence-corrected chi connectivity index (χ4v) is 1.81. The highest BCUT2D eigenvalue weighted by atomic mass is 16.4. The minimum atomic E-state index is -1.06. The summed E-state index contributed by atoms with van der Waals surface area (Å²) < 4.78 is 0. The molecule has 5 nitrogen and oxygen atoms in total. The second-order valence-electron chi connectivity index (χ2n) is 3.75. The lowest BCUT2D eigenvalue weighted by Crippen LogP contribution is -2.29. The summed E-state index contributed by atoms with van der Waals surface area (Å²) >= 11 is 0. The lowest BCUT2D eigenvalue weighted by Gasteiger charge is -2.02. The molecular weight excluding hydrogens is 220 g/mol. The highest BCUT2D eigenvalue weighted by molar-refractivity contribution is 6.08. The van der Waals surface area contributed by atoms with Gasteiger partial charge in [-0.15, -0.1) is 0 Å². The van der Waals surface area contributed by atoms with Gasteiger partial charge >= 0.3 is 5.97 Å². The van der Waals surface area contributed by atoms with Crippen LogP contribution >= 0.6 is 0 Å². The van der Waals surface area contributed by atoms with E-state index in [1.54, 1.807) is 6.92 Å². The molecule has 3 N–H and O–H groups in total. The molecule has 0 spiro atoms. The number of hydrogen-bond acceptors (Lipinski definition) is 2. The fraction of sp³-hybridized carbons (Fsp3) is 0.167. The first-order valence-electron chi connectivity index (χ1n) is 5.17. The van der Waals surface area contributed by atoms with Crippen LogP contribution in [0, 0.1) is 6.92 Å². The number of carbonyl (C=O) groups is 2. The van der Waals surface area contributed by atoms with Crippen molar-refractivity contribution < 1.29 is 14.7 Å². The molecule has 0 saturated carbocycles. The first-order valence-corrected chi connectivity index (χ1v) is 5.17. The molecule has 88 valence electrons. The number of rotatable bonds is 3. The largest absolute Gasteiger partial charge is 0.480 e. The normalized spacial score (nSPS) is 10.4. The van der Waals surface area contributed by atoms with Crippen molar-refractivity contribution in [2.75, 3.05) is 6.54 Å². The Morgan fingerprint density at radius 2 is 2.06 bits per heavy atom. The van der Waals surface area contributed by atoms with Crippen molar-refractivity contribution in [3.63, 3.8) is 0 Å². The standard InChI is InChI=1S/C12H12N2O3/c1-7-11(12(17)13-6-10(15)16)8-4-2-3-5-9(8)14-7/h2-5,14H,6H2,1H3,(H,13,17)(H,15,16). The van der Waals surface area contributed by atoms with E-state index in [4.69, 9.17) is 5.11 Å². The molecule has 5 heteroatoms. The van der Waals surface area contributed by atoms with Gasteiger partial charge in [-0.3, -0.25) is 9.59 Å². The minimum Gasteiger partial charge on any atom is -0.480 e. The molecule has 0 aliphatic heterocycles. The SMILES string of the molecule is Cc1[nH]c2ccccc2c1C(=O)NCC(=O)O. The molecule has 17 heavy (non-hydrogen) atoms. The van der Waals surface area contributed by atoms with Gasteiger partial charge in [0.05, 0.1) is 5.56 Å². The van der Waals surface area contributed by atoms with Crippen molar-refractivity contribution in [1.82, 2.24) is 10.3 Å². The Morgan fingerprint density at radius 3 is 2.76 bits per heavy atom. The number of hydrogen-bond donors (Lipinski definition) is 3. The van der Waals surface area contributed by atoms with Crippen LogP contribution in [0.1, 0.15) is 16.1 Å². The zero-order valence-corrected chi connectivity index (χ0v) is 9.28. The van der Waals surface area contributed by atoms with Crippen molar-refractivity contribution in [2.24, 2.45) is 0 Å². The van der Waals surface area contributed by atoms with Gasteiger partial charge in [0.25, 0.3) is 5.91 Å². The summed E-state index contributed by atoms with van der Waals surface area (Å²) in [6.45, 7) is 1.41. The number of aromatic nitrogens is 1. The maximum atomic E-state index is 11.9. The Morgan fingerprint density at radius 1 is 1.35 bits per heavy atom. The maximum absolute atomic E-state index is 11.9. The first kappa shape index (κ1) is 11.2. The second kappa shape index (κ2) is 4.29. The summed E-state index contributed by atoms with van der Waals surface area (Å²) in [6.07, 6.45) is 0. The number of benzene rings is 1. The van der Waals surface area contributed by atoms with Gasteiger partial charge in [-0.1, -0.05) is 18.2 Å². The highest BCUT2D eigenvalue weighted by Crippen LogP contribution is 2.21.